The van der Waals surface area contributed by atoms with Gasteiger partial charge >= 0.3 is 6.16 Å². The van der Waals surface area contributed by atoms with Crippen molar-refractivity contribution in [3.8, 4) is 5.75 Å². The van der Waals surface area contributed by atoms with Crippen molar-refractivity contribution >= 4 is 12.1 Å². The largest absolute Gasteiger partial charge is 0.514 e. The summed E-state index contributed by atoms with van der Waals surface area (Å²) in [7, 11) is 1.61. The summed E-state index contributed by atoms with van der Waals surface area (Å²) in [5, 5.41) is 3.01. The van der Waals surface area contributed by atoms with E-state index in [1.807, 2.05) is 42.5 Å². The van der Waals surface area contributed by atoms with Gasteiger partial charge < -0.3 is 19.5 Å². The van der Waals surface area contributed by atoms with Crippen LogP contribution in [-0.2, 0) is 20.7 Å². The number of hydrogen-bond acceptors (Lipinski definition) is 5. The minimum atomic E-state index is -0.741. The monoisotopic (exact) mass is 399 g/mol. The summed E-state index contributed by atoms with van der Waals surface area (Å²) in [5.41, 5.74) is 1.37. The third-order valence-electron chi connectivity index (χ3n) is 4.03. The van der Waals surface area contributed by atoms with Gasteiger partial charge in [0.2, 0.25) is 5.91 Å². The lowest BCUT2D eigenvalue weighted by Gasteiger charge is -2.19. The van der Waals surface area contributed by atoms with Gasteiger partial charge in [-0.05, 0) is 50.5 Å². The molecular weight excluding hydrogens is 370 g/mol. The van der Waals surface area contributed by atoms with Crippen LogP contribution >= 0.6 is 0 Å². The summed E-state index contributed by atoms with van der Waals surface area (Å²) in [4.78, 5) is 24.1. The first-order valence-electron chi connectivity index (χ1n) is 9.60. The molecule has 156 valence electrons. The molecule has 0 heterocycles. The summed E-state index contributed by atoms with van der Waals surface area (Å²) < 4.78 is 15.5. The second-order valence-electron chi connectivity index (χ2n) is 7.70. The fourth-order valence-corrected chi connectivity index (χ4v) is 2.69. The first-order chi connectivity index (χ1) is 13.8. The number of carbonyl (C=O) groups excluding carboxylic acids is 2. The third-order valence-corrected chi connectivity index (χ3v) is 4.03. The third kappa shape index (κ3) is 8.35. The number of nitrogens with one attached hydrogen (secondary N) is 1. The number of methoxy groups -OCH3 is 1. The number of ether oxygens (including phenoxy) is 3. The Hall–Kier alpha value is -2.86. The molecule has 1 atom stereocenters. The molecule has 0 saturated heterocycles. The maximum atomic E-state index is 12.4. The van der Waals surface area contributed by atoms with Crippen molar-refractivity contribution < 1.29 is 23.8 Å². The molecule has 1 amide bonds. The number of rotatable bonds is 8. The summed E-state index contributed by atoms with van der Waals surface area (Å²) in [5.74, 6) is 0.349. The van der Waals surface area contributed by atoms with Crippen LogP contribution in [0.25, 0.3) is 0 Å². The lowest BCUT2D eigenvalue weighted by Crippen LogP contribution is -2.31. The number of amides is 1. The van der Waals surface area contributed by atoms with E-state index in [1.54, 1.807) is 40.0 Å². The zero-order valence-electron chi connectivity index (χ0n) is 17.4. The van der Waals surface area contributed by atoms with E-state index in [2.05, 4.69) is 5.32 Å². The standard InChI is InChI=1S/C23H29NO5/c1-23(2,3)29-22(26)28-19-13-10-17(11-14-19)12-15-21(25)24-20(16-27-4)18-8-6-5-7-9-18/h5-11,13-14,20H,12,15-16H2,1-4H3,(H,24,25). The minimum absolute atomic E-state index is 0.0509. The maximum absolute atomic E-state index is 12.4. The van der Waals surface area contributed by atoms with Gasteiger partial charge in [0.05, 0.1) is 12.6 Å². The molecule has 6 heteroatoms. The van der Waals surface area contributed by atoms with Crippen LogP contribution in [-0.4, -0.2) is 31.4 Å². The average Bonchev–Trinajstić information content (AvgIpc) is 2.66. The van der Waals surface area contributed by atoms with Crippen LogP contribution in [0, 0.1) is 0 Å². The van der Waals surface area contributed by atoms with Crippen molar-refractivity contribution in [1.82, 2.24) is 5.32 Å². The molecule has 29 heavy (non-hydrogen) atoms. The first kappa shape index (κ1) is 22.4. The second-order valence-corrected chi connectivity index (χ2v) is 7.70. The van der Waals surface area contributed by atoms with Gasteiger partial charge in [-0.25, -0.2) is 4.79 Å². The van der Waals surface area contributed by atoms with E-state index in [4.69, 9.17) is 14.2 Å². The molecule has 0 bridgehead atoms. The Balaban J connectivity index is 1.84. The second kappa shape index (κ2) is 10.6. The molecule has 2 rings (SSSR count). The van der Waals surface area contributed by atoms with Gasteiger partial charge in [-0.15, -0.1) is 0 Å². The highest BCUT2D eigenvalue weighted by molar-refractivity contribution is 5.76. The zero-order valence-corrected chi connectivity index (χ0v) is 17.4. The molecule has 0 fully saturated rings. The van der Waals surface area contributed by atoms with Gasteiger partial charge in [-0.2, -0.15) is 0 Å². The molecular formula is C23H29NO5. The van der Waals surface area contributed by atoms with E-state index in [0.717, 1.165) is 11.1 Å². The number of aryl methyl sites for hydroxylation is 1. The fraction of sp³-hybridized carbons (Fsp3) is 0.391. The van der Waals surface area contributed by atoms with Crippen LogP contribution in [0.3, 0.4) is 0 Å². The van der Waals surface area contributed by atoms with Crippen molar-refractivity contribution in [3.05, 3.63) is 65.7 Å². The van der Waals surface area contributed by atoms with Crippen LogP contribution in [0.15, 0.2) is 54.6 Å². The molecule has 2 aromatic carbocycles. The van der Waals surface area contributed by atoms with E-state index >= 15 is 0 Å². The van der Waals surface area contributed by atoms with Gasteiger partial charge in [0.25, 0.3) is 0 Å². The van der Waals surface area contributed by atoms with Crippen molar-refractivity contribution in [1.29, 1.82) is 0 Å². The van der Waals surface area contributed by atoms with Gasteiger partial charge in [0, 0.05) is 13.5 Å². The van der Waals surface area contributed by atoms with Crippen LogP contribution in [0.1, 0.15) is 44.4 Å². The lowest BCUT2D eigenvalue weighted by molar-refractivity contribution is -0.122. The van der Waals surface area contributed by atoms with E-state index < -0.39 is 11.8 Å². The Morgan fingerprint density at radius 3 is 2.24 bits per heavy atom. The van der Waals surface area contributed by atoms with Gasteiger partial charge in [-0.3, -0.25) is 4.79 Å². The summed E-state index contributed by atoms with van der Waals surface area (Å²) in [6.45, 7) is 5.73. The zero-order chi connectivity index (χ0) is 21.3. The quantitative estimate of drug-likeness (QED) is 0.525. The lowest BCUT2D eigenvalue weighted by atomic mass is 10.1. The molecule has 1 N–H and O–H groups in total. The molecule has 0 aromatic heterocycles. The topological polar surface area (TPSA) is 73.9 Å². The molecule has 0 saturated carbocycles. The number of benzene rings is 2. The van der Waals surface area contributed by atoms with Crippen LogP contribution < -0.4 is 10.1 Å². The van der Waals surface area contributed by atoms with Crippen molar-refractivity contribution in [3.63, 3.8) is 0 Å². The Labute approximate surface area is 172 Å². The van der Waals surface area contributed by atoms with E-state index in [-0.39, 0.29) is 11.9 Å². The molecule has 0 aliphatic heterocycles. The molecule has 0 radical (unpaired) electrons. The number of carbonyl (C=O) groups is 2. The number of hydrogen-bond donors (Lipinski definition) is 1. The highest BCUT2D eigenvalue weighted by Crippen LogP contribution is 2.17. The summed E-state index contributed by atoms with van der Waals surface area (Å²) in [6, 6.07) is 16.6. The molecule has 0 spiro atoms. The van der Waals surface area contributed by atoms with Crippen LogP contribution in [0.4, 0.5) is 4.79 Å². The Bertz CT molecular complexity index is 781. The van der Waals surface area contributed by atoms with Crippen molar-refractivity contribution in [2.75, 3.05) is 13.7 Å². The van der Waals surface area contributed by atoms with Crippen LogP contribution in [0.5, 0.6) is 5.75 Å². The van der Waals surface area contributed by atoms with E-state index in [9.17, 15) is 9.59 Å². The van der Waals surface area contributed by atoms with Gasteiger partial charge in [0.1, 0.15) is 11.4 Å². The predicted octanol–water partition coefficient (Wildman–Crippen LogP) is 4.44. The first-order valence-corrected chi connectivity index (χ1v) is 9.60. The molecule has 0 aliphatic carbocycles. The average molecular weight is 399 g/mol. The normalized spacial score (nSPS) is 12.1. The molecule has 0 aliphatic rings. The highest BCUT2D eigenvalue weighted by atomic mass is 16.7. The molecule has 2 aromatic rings. The summed E-state index contributed by atoms with van der Waals surface area (Å²) >= 11 is 0. The molecule has 1 unspecified atom stereocenters. The van der Waals surface area contributed by atoms with Crippen LogP contribution in [0.2, 0.25) is 0 Å². The fourth-order valence-electron chi connectivity index (χ4n) is 2.69. The van der Waals surface area contributed by atoms with E-state index in [1.165, 1.54) is 0 Å². The molecule has 6 nitrogen and oxygen atoms in total. The minimum Gasteiger partial charge on any atom is -0.428 e. The SMILES string of the molecule is COCC(NC(=O)CCc1ccc(OC(=O)OC(C)(C)C)cc1)c1ccccc1. The van der Waals surface area contributed by atoms with Gasteiger partial charge in [0.15, 0.2) is 0 Å². The van der Waals surface area contributed by atoms with Crippen molar-refractivity contribution in [2.45, 2.75) is 45.3 Å². The summed E-state index contributed by atoms with van der Waals surface area (Å²) in [6.07, 6.45) is 0.182. The van der Waals surface area contributed by atoms with E-state index in [0.29, 0.717) is 25.2 Å². The Kier molecular flexibility index (Phi) is 8.21. The Morgan fingerprint density at radius 2 is 1.66 bits per heavy atom. The highest BCUT2D eigenvalue weighted by Gasteiger charge is 2.18. The van der Waals surface area contributed by atoms with Crippen molar-refractivity contribution in [2.24, 2.45) is 0 Å². The smallest absolute Gasteiger partial charge is 0.428 e. The van der Waals surface area contributed by atoms with Gasteiger partial charge in [-0.1, -0.05) is 42.5 Å². The predicted molar refractivity (Wildman–Crippen MR) is 111 cm³/mol. The Morgan fingerprint density at radius 1 is 1.00 bits per heavy atom. The maximum Gasteiger partial charge on any atom is 0.514 e.